The van der Waals surface area contributed by atoms with Crippen molar-refractivity contribution in [3.63, 3.8) is 0 Å². The molecule has 1 aliphatic rings. The van der Waals surface area contributed by atoms with Crippen LogP contribution < -0.4 is 10.1 Å². The van der Waals surface area contributed by atoms with E-state index in [0.29, 0.717) is 12.8 Å². The number of nitriles is 1. The summed E-state index contributed by atoms with van der Waals surface area (Å²) < 4.78 is 15.0. The molecule has 0 aliphatic heterocycles. The van der Waals surface area contributed by atoms with Gasteiger partial charge in [-0.3, -0.25) is 4.79 Å². The quantitative estimate of drug-likeness (QED) is 0.744. The second-order valence-corrected chi connectivity index (χ2v) is 6.73. The third-order valence-electron chi connectivity index (χ3n) is 4.71. The van der Waals surface area contributed by atoms with Gasteiger partial charge in [-0.25, -0.2) is 9.59 Å². The van der Waals surface area contributed by atoms with E-state index in [1.807, 2.05) is 0 Å². The highest BCUT2D eigenvalue weighted by atomic mass is 16.5. The molecule has 1 saturated carbocycles. The Bertz CT molecular complexity index is 758. The van der Waals surface area contributed by atoms with Gasteiger partial charge in [0, 0.05) is 0 Å². The standard InChI is InChI=1S/C20H24N2O6/c1-13(17(23)22-20(12-21)7-5-4-6-8-20)28-16-10-14(18(24)26-2)9-15(11-16)19(25)27-3/h9-11,13H,4-8H2,1-3H3,(H,22,23)/t13-/m0/s1. The van der Waals surface area contributed by atoms with E-state index in [-0.39, 0.29) is 16.9 Å². The fourth-order valence-corrected chi connectivity index (χ4v) is 3.15. The first kappa shape index (κ1) is 21.2. The van der Waals surface area contributed by atoms with E-state index < -0.39 is 29.5 Å². The number of nitrogens with zero attached hydrogens (tertiary/aromatic N) is 1. The number of amides is 1. The zero-order valence-electron chi connectivity index (χ0n) is 16.2. The van der Waals surface area contributed by atoms with Gasteiger partial charge in [0.05, 0.1) is 31.4 Å². The van der Waals surface area contributed by atoms with Crippen molar-refractivity contribution in [3.05, 3.63) is 29.3 Å². The van der Waals surface area contributed by atoms with Gasteiger partial charge in [-0.2, -0.15) is 5.26 Å². The highest BCUT2D eigenvalue weighted by molar-refractivity contribution is 5.96. The Labute approximate surface area is 163 Å². The summed E-state index contributed by atoms with van der Waals surface area (Å²) in [5.74, 6) is -1.61. The van der Waals surface area contributed by atoms with Crippen LogP contribution >= 0.6 is 0 Å². The summed E-state index contributed by atoms with van der Waals surface area (Å²) in [6, 6.07) is 6.30. The average molecular weight is 388 g/mol. The van der Waals surface area contributed by atoms with E-state index in [2.05, 4.69) is 20.9 Å². The number of ether oxygens (including phenoxy) is 3. The SMILES string of the molecule is COC(=O)c1cc(O[C@@H](C)C(=O)NC2(C#N)CCCCC2)cc(C(=O)OC)c1. The zero-order chi connectivity index (χ0) is 20.7. The largest absolute Gasteiger partial charge is 0.481 e. The Morgan fingerprint density at radius 1 is 1.04 bits per heavy atom. The maximum absolute atomic E-state index is 12.6. The lowest BCUT2D eigenvalue weighted by Crippen LogP contribution is -2.52. The Morgan fingerprint density at radius 2 is 1.57 bits per heavy atom. The van der Waals surface area contributed by atoms with Gasteiger partial charge < -0.3 is 19.5 Å². The number of methoxy groups -OCH3 is 2. The van der Waals surface area contributed by atoms with Crippen molar-refractivity contribution in [3.8, 4) is 11.8 Å². The molecule has 1 aromatic rings. The van der Waals surface area contributed by atoms with Gasteiger partial charge in [0.1, 0.15) is 11.3 Å². The van der Waals surface area contributed by atoms with Gasteiger partial charge >= 0.3 is 11.9 Å². The molecule has 8 heteroatoms. The molecular formula is C20H24N2O6. The Balaban J connectivity index is 2.18. The molecule has 1 aliphatic carbocycles. The van der Waals surface area contributed by atoms with Gasteiger partial charge in [0.2, 0.25) is 0 Å². The number of rotatable bonds is 6. The molecule has 0 unspecified atom stereocenters. The van der Waals surface area contributed by atoms with E-state index in [0.717, 1.165) is 19.3 Å². The molecule has 0 heterocycles. The summed E-state index contributed by atoms with van der Waals surface area (Å²) in [4.78, 5) is 36.3. The van der Waals surface area contributed by atoms with Gasteiger partial charge in [0.25, 0.3) is 5.91 Å². The number of carbonyl (C=O) groups is 3. The van der Waals surface area contributed by atoms with Crippen molar-refractivity contribution in [2.24, 2.45) is 0 Å². The molecular weight excluding hydrogens is 364 g/mol. The van der Waals surface area contributed by atoms with Crippen molar-refractivity contribution in [2.75, 3.05) is 14.2 Å². The molecule has 0 aromatic heterocycles. The maximum atomic E-state index is 12.6. The van der Waals surface area contributed by atoms with Gasteiger partial charge in [-0.15, -0.1) is 0 Å². The fourth-order valence-electron chi connectivity index (χ4n) is 3.15. The van der Waals surface area contributed by atoms with Crippen molar-refractivity contribution in [1.82, 2.24) is 5.32 Å². The molecule has 0 saturated heterocycles. The van der Waals surface area contributed by atoms with E-state index in [4.69, 9.17) is 4.74 Å². The Hall–Kier alpha value is -3.08. The van der Waals surface area contributed by atoms with E-state index in [1.165, 1.54) is 39.3 Å². The third-order valence-corrected chi connectivity index (χ3v) is 4.71. The topological polar surface area (TPSA) is 115 Å². The molecule has 150 valence electrons. The molecule has 0 bridgehead atoms. The smallest absolute Gasteiger partial charge is 0.338 e. The van der Waals surface area contributed by atoms with Crippen LogP contribution in [0.5, 0.6) is 5.75 Å². The molecule has 1 N–H and O–H groups in total. The molecule has 1 amide bonds. The van der Waals surface area contributed by atoms with E-state index in [9.17, 15) is 19.6 Å². The third kappa shape index (κ3) is 5.00. The first-order chi connectivity index (χ1) is 13.3. The highest BCUT2D eigenvalue weighted by Crippen LogP contribution is 2.28. The van der Waals surface area contributed by atoms with Crippen molar-refractivity contribution in [2.45, 2.75) is 50.7 Å². The lowest BCUT2D eigenvalue weighted by atomic mass is 9.83. The monoisotopic (exact) mass is 388 g/mol. The minimum atomic E-state index is -0.939. The number of benzene rings is 1. The molecule has 0 radical (unpaired) electrons. The highest BCUT2D eigenvalue weighted by Gasteiger charge is 2.35. The van der Waals surface area contributed by atoms with Crippen LogP contribution in [-0.4, -0.2) is 43.7 Å². The summed E-state index contributed by atoms with van der Waals surface area (Å²) in [7, 11) is 2.44. The van der Waals surface area contributed by atoms with Crippen LogP contribution in [-0.2, 0) is 14.3 Å². The molecule has 1 fully saturated rings. The van der Waals surface area contributed by atoms with Crippen LogP contribution in [0.25, 0.3) is 0 Å². The van der Waals surface area contributed by atoms with Crippen LogP contribution in [0.4, 0.5) is 0 Å². The summed E-state index contributed by atoms with van der Waals surface area (Å²) in [5, 5.41) is 12.3. The predicted molar refractivity (Wildman–Crippen MR) is 98.8 cm³/mol. The molecule has 8 nitrogen and oxygen atoms in total. The van der Waals surface area contributed by atoms with Crippen LogP contribution in [0.15, 0.2) is 18.2 Å². The number of hydrogen-bond donors (Lipinski definition) is 1. The Morgan fingerprint density at radius 3 is 2.04 bits per heavy atom. The number of nitrogens with one attached hydrogen (secondary N) is 1. The van der Waals surface area contributed by atoms with Crippen molar-refractivity contribution < 1.29 is 28.6 Å². The molecule has 0 spiro atoms. The van der Waals surface area contributed by atoms with Gasteiger partial charge in [-0.1, -0.05) is 19.3 Å². The first-order valence-electron chi connectivity index (χ1n) is 9.06. The summed E-state index contributed by atoms with van der Waals surface area (Å²) in [6.45, 7) is 1.53. The first-order valence-corrected chi connectivity index (χ1v) is 9.06. The predicted octanol–water partition coefficient (Wildman–Crippen LogP) is 2.37. The summed E-state index contributed by atoms with van der Waals surface area (Å²) in [6.07, 6.45) is 3.07. The molecule has 28 heavy (non-hydrogen) atoms. The Kier molecular flexibility index (Phi) is 6.99. The second-order valence-electron chi connectivity index (χ2n) is 6.73. The lowest BCUT2D eigenvalue weighted by molar-refractivity contribution is -0.129. The molecule has 1 aromatic carbocycles. The van der Waals surface area contributed by atoms with Gasteiger partial charge in [-0.05, 0) is 38.0 Å². The minimum Gasteiger partial charge on any atom is -0.481 e. The van der Waals surface area contributed by atoms with E-state index in [1.54, 1.807) is 0 Å². The number of esters is 2. The minimum absolute atomic E-state index is 0.0915. The van der Waals surface area contributed by atoms with Gasteiger partial charge in [0.15, 0.2) is 6.10 Å². The number of hydrogen-bond acceptors (Lipinski definition) is 7. The average Bonchev–Trinajstić information content (AvgIpc) is 2.72. The van der Waals surface area contributed by atoms with Crippen LogP contribution in [0.1, 0.15) is 59.7 Å². The van der Waals surface area contributed by atoms with Crippen LogP contribution in [0.3, 0.4) is 0 Å². The van der Waals surface area contributed by atoms with Crippen molar-refractivity contribution in [1.29, 1.82) is 5.26 Å². The lowest BCUT2D eigenvalue weighted by Gasteiger charge is -2.32. The van der Waals surface area contributed by atoms with Crippen LogP contribution in [0.2, 0.25) is 0 Å². The maximum Gasteiger partial charge on any atom is 0.338 e. The van der Waals surface area contributed by atoms with Crippen LogP contribution in [0, 0.1) is 11.3 Å². The van der Waals surface area contributed by atoms with Crippen molar-refractivity contribution >= 4 is 17.8 Å². The molecule has 2 rings (SSSR count). The summed E-state index contributed by atoms with van der Waals surface area (Å²) >= 11 is 0. The molecule has 1 atom stereocenters. The number of carbonyl (C=O) groups excluding carboxylic acids is 3. The zero-order valence-corrected chi connectivity index (χ0v) is 16.2. The van der Waals surface area contributed by atoms with E-state index >= 15 is 0 Å². The normalized spacial score (nSPS) is 16.2. The summed E-state index contributed by atoms with van der Waals surface area (Å²) in [5.41, 5.74) is -0.694. The second kappa shape index (κ2) is 9.22. The fraction of sp³-hybridized carbons (Fsp3) is 0.500.